The summed E-state index contributed by atoms with van der Waals surface area (Å²) in [6.45, 7) is 6.94. The zero-order valence-corrected chi connectivity index (χ0v) is 59.8. The van der Waals surface area contributed by atoms with Crippen LogP contribution in [-0.4, -0.2) is 204 Å². The number of rotatable bonds is 11. The van der Waals surface area contributed by atoms with E-state index in [0.717, 1.165) is 46.6 Å². The minimum Gasteiger partial charge on any atom is -0.507 e. The third-order valence-electron chi connectivity index (χ3n) is 21.6. The normalized spacial score (nSPS) is 24.6. The Bertz CT molecular complexity index is 4860. The number of phenols is 2. The number of fused-ring (bicyclic) bond motifs is 20. The number of carbonyl (C=O) groups excluding carboxylic acids is 4. The number of carbonyl (C=O) groups is 4. The summed E-state index contributed by atoms with van der Waals surface area (Å²) in [5.41, 5.74) is 9.71. The first kappa shape index (κ1) is 69.4. The maximum absolute atomic E-state index is 13.8. The predicted molar refractivity (Wildman–Crippen MR) is 365 cm³/mol. The molecule has 2 saturated heterocycles. The fourth-order valence-corrected chi connectivity index (χ4v) is 18.2. The molecule has 6 aromatic rings. The van der Waals surface area contributed by atoms with Gasteiger partial charge in [-0.3, -0.25) is 48.6 Å². The second kappa shape index (κ2) is 25.7. The van der Waals surface area contributed by atoms with Gasteiger partial charge in [0, 0.05) is 101 Å². The number of imide groups is 2. The molecule has 10 heterocycles. The average Bonchev–Trinajstić information content (AvgIpc) is 0.832. The van der Waals surface area contributed by atoms with E-state index in [2.05, 4.69) is 32.9 Å². The first-order valence-corrected chi connectivity index (χ1v) is 37.2. The van der Waals surface area contributed by atoms with Crippen molar-refractivity contribution in [2.45, 2.75) is 114 Å². The Morgan fingerprint density at radius 1 is 0.529 bits per heavy atom. The molecule has 16 rings (SSSR count). The standard InChI is InChI=1S/C36H36N4O8.C35H34N4O9S.C2H6O2S/c1-17-10-19-11-23-25(13-37)40-24(29(38(23)3)27(19)33(31(17)45-5)46-15-44-4)12-22-28(34-32(47-16-48-34)18(2)30(22)41)26(40)14-39-35(42)20-8-6-7-9-21(20)36(39)43;1-16-10-18-11-22-24(13-36)39-23(28(37(22)3)26(18)29(40)30(16)45-4)12-21-27(33-32(46-15-47-33)17(2)31(21)48-49(5,43)44)25(39)14-38-34(41)19-8-6-7-9-20(19)35(38)42;1-5(2,3)4/h6-10,23-26,29,41H,11-12,14-16H2,1-5H3;6-10,22-25,28,40H,11-12,14-15H2,1-5H3;1-2H3/t23-,24?,25?,26-,29-;22-,23?,24?,25-,28-;/m00./s1. The smallest absolute Gasteiger partial charge is 0.306 e. The Hall–Kier alpha value is -9.72. The Labute approximate surface area is 589 Å². The summed E-state index contributed by atoms with van der Waals surface area (Å²) in [6.07, 6.45) is 4.83. The van der Waals surface area contributed by atoms with Crippen LogP contribution in [0.2, 0.25) is 0 Å². The predicted octanol–water partition coefficient (Wildman–Crippen LogP) is 6.61. The van der Waals surface area contributed by atoms with Gasteiger partial charge in [-0.15, -0.1) is 0 Å². The minimum atomic E-state index is -4.03. The molecule has 10 aliphatic heterocycles. The topological polar surface area (TPSA) is 327 Å². The van der Waals surface area contributed by atoms with Gasteiger partial charge in [-0.05, 0) is 114 Å². The van der Waals surface area contributed by atoms with Gasteiger partial charge in [-0.2, -0.15) is 18.9 Å². The number of sulfone groups is 1. The SMILES string of the molecule is COCOc1c(OC)c(C)cc2c1[C@@H]1C3Cc4c(O)c(C)c5c(c4[C@H](CN4C(=O)c6ccccc6C4=O)N3C(C#N)[C@H](C2)N1C)OCO5.COc1c(C)cc2c(c1O)[C@@H]1C3Cc4c(OS(C)(=O)=O)c(C)c5c(c4[C@H](CN4C(=O)c6ccccc6C4=O)N3C(C#N)[C@H](C2)N1C)OCO5.CS(C)(=O)=O. The summed E-state index contributed by atoms with van der Waals surface area (Å²) in [5.74, 6) is 1.52. The largest absolute Gasteiger partial charge is 0.507 e. The van der Waals surface area contributed by atoms with E-state index < -0.39 is 79.8 Å². The lowest BCUT2D eigenvalue weighted by Crippen LogP contribution is -2.69. The van der Waals surface area contributed by atoms with Crippen molar-refractivity contribution < 1.29 is 88.3 Å². The van der Waals surface area contributed by atoms with E-state index in [0.29, 0.717) is 110 Å². The van der Waals surface area contributed by atoms with Crippen molar-refractivity contribution in [2.24, 2.45) is 0 Å². The Morgan fingerprint density at radius 3 is 1.38 bits per heavy atom. The molecule has 4 bridgehead atoms. The van der Waals surface area contributed by atoms with E-state index >= 15 is 0 Å². The monoisotopic (exact) mass is 1430 g/mol. The summed E-state index contributed by atoms with van der Waals surface area (Å²) in [5, 5.41) is 45.4. The lowest BCUT2D eigenvalue weighted by molar-refractivity contribution is -0.0766. The van der Waals surface area contributed by atoms with E-state index in [9.17, 15) is 56.8 Å². The quantitative estimate of drug-likeness (QED) is 0.0782. The van der Waals surface area contributed by atoms with Crippen molar-refractivity contribution in [1.82, 2.24) is 29.4 Å². The molecule has 0 aromatic heterocycles. The number of methoxy groups -OCH3 is 3. The van der Waals surface area contributed by atoms with Gasteiger partial charge in [-0.25, -0.2) is 8.42 Å². The first-order chi connectivity index (χ1) is 48.6. The average molecular weight is 1430 g/mol. The number of likely N-dealkylation sites (N-methyl/N-ethyl adjacent to an activating group) is 2. The zero-order chi connectivity index (χ0) is 72.8. The maximum Gasteiger partial charge on any atom is 0.306 e. The number of hydrogen-bond donors (Lipinski definition) is 2. The molecule has 2 N–H and O–H groups in total. The fourth-order valence-electron chi connectivity index (χ4n) is 17.7. The number of piperazine rings is 2. The van der Waals surface area contributed by atoms with E-state index in [1.54, 1.807) is 76.6 Å². The van der Waals surface area contributed by atoms with Crippen LogP contribution in [0.4, 0.5) is 0 Å². The molecule has 0 saturated carbocycles. The molecule has 27 nitrogen and oxygen atoms in total. The molecule has 10 aliphatic rings. The Morgan fingerprint density at radius 2 is 0.941 bits per heavy atom. The molecule has 0 radical (unpaired) electrons. The van der Waals surface area contributed by atoms with Gasteiger partial charge in [0.1, 0.15) is 27.7 Å². The highest BCUT2D eigenvalue weighted by Crippen LogP contribution is 2.62. The molecular formula is C73H76N8O19S2. The van der Waals surface area contributed by atoms with Crippen LogP contribution in [0.15, 0.2) is 60.7 Å². The molecule has 4 unspecified atom stereocenters. The van der Waals surface area contributed by atoms with Gasteiger partial charge in [0.2, 0.25) is 13.6 Å². The summed E-state index contributed by atoms with van der Waals surface area (Å²) in [4.78, 5) is 66.1. The van der Waals surface area contributed by atoms with Gasteiger partial charge in [0.05, 0.1) is 79.0 Å². The molecule has 6 aromatic carbocycles. The third kappa shape index (κ3) is 10.9. The van der Waals surface area contributed by atoms with Crippen molar-refractivity contribution in [1.29, 1.82) is 10.5 Å². The number of benzene rings is 6. The van der Waals surface area contributed by atoms with Crippen LogP contribution < -0.4 is 37.3 Å². The van der Waals surface area contributed by atoms with Gasteiger partial charge in [0.15, 0.2) is 58.5 Å². The van der Waals surface area contributed by atoms with Crippen molar-refractivity contribution in [3.63, 3.8) is 0 Å². The van der Waals surface area contributed by atoms with Crippen LogP contribution in [0.5, 0.6) is 57.5 Å². The Balaban J connectivity index is 0.000000162. The molecule has 0 spiro atoms. The van der Waals surface area contributed by atoms with Gasteiger partial charge < -0.3 is 52.3 Å². The molecule has 10 atom stereocenters. The van der Waals surface area contributed by atoms with Crippen molar-refractivity contribution in [2.75, 3.05) is 87.7 Å². The van der Waals surface area contributed by atoms with Crippen LogP contribution in [0.25, 0.3) is 0 Å². The number of aromatic hydroxyl groups is 2. The number of amides is 4. The molecule has 4 amide bonds. The van der Waals surface area contributed by atoms with Crippen molar-refractivity contribution >= 4 is 43.6 Å². The van der Waals surface area contributed by atoms with E-state index in [-0.39, 0.29) is 92.4 Å². The number of phenolic OH excluding ortho intramolecular Hbond substituents is 2. The summed E-state index contributed by atoms with van der Waals surface area (Å²) in [7, 11) is 1.91. The fraction of sp³-hybridized carbons (Fsp3) is 0.425. The van der Waals surface area contributed by atoms with Crippen LogP contribution in [0.3, 0.4) is 0 Å². The minimum absolute atomic E-state index is 0.000305. The maximum atomic E-state index is 13.8. The molecule has 29 heteroatoms. The van der Waals surface area contributed by atoms with E-state index in [1.165, 1.54) is 16.9 Å². The summed E-state index contributed by atoms with van der Waals surface area (Å²) in [6, 6.07) is 17.4. The highest BCUT2D eigenvalue weighted by molar-refractivity contribution is 7.89. The van der Waals surface area contributed by atoms with Crippen LogP contribution in [-0.2, 0) is 50.4 Å². The number of ether oxygens (including phenoxy) is 8. The highest BCUT2D eigenvalue weighted by Gasteiger charge is 2.60. The van der Waals surface area contributed by atoms with Gasteiger partial charge in [-0.1, -0.05) is 36.4 Å². The van der Waals surface area contributed by atoms with Crippen molar-refractivity contribution in [3.8, 4) is 69.6 Å². The summed E-state index contributed by atoms with van der Waals surface area (Å²) < 4.78 is 97.3. The van der Waals surface area contributed by atoms with Crippen LogP contribution >= 0.6 is 0 Å². The van der Waals surface area contributed by atoms with Crippen LogP contribution in [0.1, 0.15) is 132 Å². The second-order valence-corrected chi connectivity index (χ2v) is 31.4. The van der Waals surface area contributed by atoms with E-state index in [4.69, 9.17) is 42.1 Å². The number of aryl methyl sites for hydroxylation is 2. The lowest BCUT2D eigenvalue weighted by atomic mass is 9.71. The highest BCUT2D eigenvalue weighted by atomic mass is 32.2. The molecule has 102 heavy (non-hydrogen) atoms. The number of nitriles is 2. The molecular weight excluding hydrogens is 1360 g/mol. The lowest BCUT2D eigenvalue weighted by Gasteiger charge is -2.60. The number of nitrogens with zero attached hydrogens (tertiary/aromatic N) is 8. The van der Waals surface area contributed by atoms with Gasteiger partial charge in [0.25, 0.3) is 23.6 Å². The van der Waals surface area contributed by atoms with Gasteiger partial charge >= 0.3 is 10.1 Å². The number of hydrogen-bond acceptors (Lipinski definition) is 25. The Kier molecular flexibility index (Phi) is 17.5. The first-order valence-electron chi connectivity index (χ1n) is 33.1. The zero-order valence-electron chi connectivity index (χ0n) is 58.1. The summed E-state index contributed by atoms with van der Waals surface area (Å²) >= 11 is 0. The second-order valence-electron chi connectivity index (χ2n) is 27.5. The van der Waals surface area contributed by atoms with Crippen molar-refractivity contribution in [3.05, 3.63) is 150 Å². The molecule has 2 fully saturated rings. The third-order valence-corrected chi connectivity index (χ3v) is 22.0. The van der Waals surface area contributed by atoms with Crippen LogP contribution in [0, 0.1) is 50.4 Å². The molecule has 0 aliphatic carbocycles. The van der Waals surface area contributed by atoms with E-state index in [1.807, 2.05) is 38.9 Å². The molecule has 534 valence electrons.